The topological polar surface area (TPSA) is 35.6 Å². The number of para-hydroxylation sites is 2. The highest BCUT2D eigenvalue weighted by Crippen LogP contribution is 2.39. The highest BCUT2D eigenvalue weighted by molar-refractivity contribution is 6.12. The largest absolute Gasteiger partial charge is 0.309 e. The summed E-state index contributed by atoms with van der Waals surface area (Å²) in [5.41, 5.74) is 16.4. The van der Waals surface area contributed by atoms with Crippen LogP contribution in [0.4, 0.5) is 0 Å². The molecule has 0 saturated heterocycles. The minimum absolute atomic E-state index is 0.687. The SMILES string of the molecule is c1ccc(-c2cccc(-n3c4ccccc4c4ccc(-c5ccc6c7ccccc7n(-c7cccc(-c8nc(-c9ccccc9)cc(-c9ccccc9)n8)c7)c6c5)cc43)c2)cc1. The number of fused-ring (bicyclic) bond motifs is 6. The van der Waals surface area contributed by atoms with E-state index >= 15 is 0 Å². The van der Waals surface area contributed by atoms with Crippen molar-refractivity contribution in [1.29, 1.82) is 0 Å². The van der Waals surface area contributed by atoms with E-state index in [2.05, 4.69) is 228 Å². The van der Waals surface area contributed by atoms with Crippen molar-refractivity contribution in [1.82, 2.24) is 19.1 Å². The van der Waals surface area contributed by atoms with Gasteiger partial charge < -0.3 is 9.13 Å². The van der Waals surface area contributed by atoms with Crippen molar-refractivity contribution in [2.75, 3.05) is 0 Å². The number of hydrogen-bond donors (Lipinski definition) is 0. The lowest BCUT2D eigenvalue weighted by atomic mass is 10.0. The fraction of sp³-hybridized carbons (Fsp3) is 0. The van der Waals surface area contributed by atoms with Gasteiger partial charge in [-0.15, -0.1) is 0 Å². The molecule has 12 aromatic rings. The summed E-state index contributed by atoms with van der Waals surface area (Å²) >= 11 is 0. The van der Waals surface area contributed by atoms with Gasteiger partial charge in [-0.1, -0.05) is 176 Å². The molecule has 3 heterocycles. The molecule has 0 bridgehead atoms. The Morgan fingerprint density at radius 3 is 1.15 bits per heavy atom. The van der Waals surface area contributed by atoms with Crippen molar-refractivity contribution in [3.63, 3.8) is 0 Å². The van der Waals surface area contributed by atoms with E-state index in [4.69, 9.17) is 9.97 Å². The summed E-state index contributed by atoms with van der Waals surface area (Å²) in [4.78, 5) is 10.3. The molecule has 9 aromatic carbocycles. The Hall–Kier alpha value is -8.34. The van der Waals surface area contributed by atoms with Gasteiger partial charge in [-0.3, -0.25) is 0 Å². The summed E-state index contributed by atoms with van der Waals surface area (Å²) < 4.78 is 4.81. The van der Waals surface area contributed by atoms with Crippen LogP contribution >= 0.6 is 0 Å². The van der Waals surface area contributed by atoms with Crippen LogP contribution < -0.4 is 0 Å². The average Bonchev–Trinajstić information content (AvgIpc) is 3.87. The Balaban J connectivity index is 1.01. The van der Waals surface area contributed by atoms with Gasteiger partial charge in [0.05, 0.1) is 33.5 Å². The Morgan fingerprint density at radius 1 is 0.242 bits per heavy atom. The second kappa shape index (κ2) is 14.7. The minimum Gasteiger partial charge on any atom is -0.309 e. The third-order valence-electron chi connectivity index (χ3n) is 12.1. The summed E-state index contributed by atoms with van der Waals surface area (Å²) in [6.07, 6.45) is 0. The van der Waals surface area contributed by atoms with E-state index in [1.807, 2.05) is 12.1 Å². The van der Waals surface area contributed by atoms with Crippen LogP contribution in [-0.2, 0) is 0 Å². The van der Waals surface area contributed by atoms with Crippen LogP contribution in [0.25, 0.3) is 111 Å². The monoisotopic (exact) mass is 790 g/mol. The highest BCUT2D eigenvalue weighted by atomic mass is 15.0. The molecule has 0 atom stereocenters. The molecule has 0 fully saturated rings. The van der Waals surface area contributed by atoms with E-state index in [1.165, 1.54) is 43.7 Å². The summed E-state index contributed by atoms with van der Waals surface area (Å²) in [5.74, 6) is 0.687. The lowest BCUT2D eigenvalue weighted by Gasteiger charge is -2.13. The molecule has 0 spiro atoms. The summed E-state index contributed by atoms with van der Waals surface area (Å²) in [5, 5.41) is 4.89. The van der Waals surface area contributed by atoms with Crippen LogP contribution in [0, 0.1) is 0 Å². The zero-order valence-corrected chi connectivity index (χ0v) is 33.7. The standard InChI is InChI=1S/C58H38N4/c1-4-16-39(17-5-1)42-22-14-24-46(34-42)61-54-28-12-10-26-48(54)50-32-30-43(36-56(50)61)44-31-33-51-49-27-11-13-29-55(49)62(57(51)37-44)47-25-15-23-45(35-47)58-59-52(40-18-6-2-7-19-40)38-53(60-58)41-20-8-3-9-21-41/h1-38H. The van der Waals surface area contributed by atoms with Crippen molar-refractivity contribution in [2.24, 2.45) is 0 Å². The van der Waals surface area contributed by atoms with Gasteiger partial charge in [0.15, 0.2) is 5.82 Å². The Labute approximate surface area is 359 Å². The lowest BCUT2D eigenvalue weighted by molar-refractivity contribution is 1.16. The van der Waals surface area contributed by atoms with Crippen LogP contribution in [0.2, 0.25) is 0 Å². The average molecular weight is 791 g/mol. The van der Waals surface area contributed by atoms with Gasteiger partial charge in [0, 0.05) is 49.6 Å². The fourth-order valence-electron chi connectivity index (χ4n) is 9.19. The van der Waals surface area contributed by atoms with E-state index in [9.17, 15) is 0 Å². The number of hydrogen-bond acceptors (Lipinski definition) is 2. The highest BCUT2D eigenvalue weighted by Gasteiger charge is 2.18. The fourth-order valence-corrected chi connectivity index (χ4v) is 9.19. The second-order valence-electron chi connectivity index (χ2n) is 15.8. The van der Waals surface area contributed by atoms with Gasteiger partial charge in [-0.25, -0.2) is 9.97 Å². The molecule has 0 amide bonds. The van der Waals surface area contributed by atoms with Crippen LogP contribution in [-0.4, -0.2) is 19.1 Å². The number of nitrogens with zero attached hydrogens (tertiary/aromatic N) is 4. The Kier molecular flexibility index (Phi) is 8.46. The molecule has 0 aliphatic carbocycles. The molecule has 0 aliphatic rings. The molecule has 0 aliphatic heterocycles. The van der Waals surface area contributed by atoms with Gasteiger partial charge in [0.1, 0.15) is 0 Å². The zero-order chi connectivity index (χ0) is 41.0. The van der Waals surface area contributed by atoms with Gasteiger partial charge in [-0.05, 0) is 76.9 Å². The maximum atomic E-state index is 5.17. The van der Waals surface area contributed by atoms with Crippen molar-refractivity contribution >= 4 is 43.6 Å². The van der Waals surface area contributed by atoms with E-state index in [0.717, 1.165) is 61.6 Å². The molecular weight excluding hydrogens is 753 g/mol. The maximum Gasteiger partial charge on any atom is 0.160 e. The van der Waals surface area contributed by atoms with E-state index < -0.39 is 0 Å². The van der Waals surface area contributed by atoms with Crippen LogP contribution in [0.1, 0.15) is 0 Å². The zero-order valence-electron chi connectivity index (χ0n) is 33.7. The molecular formula is C58H38N4. The lowest BCUT2D eigenvalue weighted by Crippen LogP contribution is -1.98. The van der Waals surface area contributed by atoms with E-state index in [0.29, 0.717) is 5.82 Å². The van der Waals surface area contributed by atoms with Gasteiger partial charge >= 0.3 is 0 Å². The first-order valence-corrected chi connectivity index (χ1v) is 21.1. The quantitative estimate of drug-likeness (QED) is 0.161. The first-order valence-electron chi connectivity index (χ1n) is 21.1. The van der Waals surface area contributed by atoms with Crippen molar-refractivity contribution in [3.05, 3.63) is 231 Å². The summed E-state index contributed by atoms with van der Waals surface area (Å²) in [6, 6.07) is 82.2. The Morgan fingerprint density at radius 2 is 0.629 bits per heavy atom. The van der Waals surface area contributed by atoms with Gasteiger partial charge in [-0.2, -0.15) is 0 Å². The number of benzene rings is 9. The smallest absolute Gasteiger partial charge is 0.160 e. The first kappa shape index (κ1) is 35.6. The van der Waals surface area contributed by atoms with Crippen LogP contribution in [0.5, 0.6) is 0 Å². The molecule has 0 N–H and O–H groups in total. The second-order valence-corrected chi connectivity index (χ2v) is 15.8. The van der Waals surface area contributed by atoms with Crippen molar-refractivity contribution < 1.29 is 0 Å². The van der Waals surface area contributed by atoms with Gasteiger partial charge in [0.25, 0.3) is 0 Å². The normalized spacial score (nSPS) is 11.5. The molecule has 4 nitrogen and oxygen atoms in total. The van der Waals surface area contributed by atoms with Crippen LogP contribution in [0.15, 0.2) is 231 Å². The van der Waals surface area contributed by atoms with E-state index in [1.54, 1.807) is 0 Å². The van der Waals surface area contributed by atoms with Gasteiger partial charge in [0.2, 0.25) is 0 Å². The maximum absolute atomic E-state index is 5.17. The van der Waals surface area contributed by atoms with Crippen molar-refractivity contribution in [2.45, 2.75) is 0 Å². The molecule has 62 heavy (non-hydrogen) atoms. The molecule has 4 heteroatoms. The minimum atomic E-state index is 0.687. The third kappa shape index (κ3) is 6.08. The number of rotatable bonds is 7. The number of aromatic nitrogens is 4. The predicted octanol–water partition coefficient (Wildman–Crippen LogP) is 15.0. The predicted molar refractivity (Wildman–Crippen MR) is 258 cm³/mol. The van der Waals surface area contributed by atoms with Crippen molar-refractivity contribution in [3.8, 4) is 67.5 Å². The third-order valence-corrected chi connectivity index (χ3v) is 12.1. The molecule has 0 radical (unpaired) electrons. The molecule has 0 unspecified atom stereocenters. The molecule has 290 valence electrons. The molecule has 12 rings (SSSR count). The first-order chi connectivity index (χ1) is 30.7. The summed E-state index contributed by atoms with van der Waals surface area (Å²) in [7, 11) is 0. The molecule has 3 aromatic heterocycles. The van der Waals surface area contributed by atoms with E-state index in [-0.39, 0.29) is 0 Å². The Bertz CT molecular complexity index is 3560. The molecule has 0 saturated carbocycles. The van der Waals surface area contributed by atoms with Crippen LogP contribution in [0.3, 0.4) is 0 Å². The summed E-state index contributed by atoms with van der Waals surface area (Å²) in [6.45, 7) is 0.